The van der Waals surface area contributed by atoms with Gasteiger partial charge in [0.25, 0.3) is 0 Å². The van der Waals surface area contributed by atoms with Crippen LogP contribution in [0.1, 0.15) is 0 Å². The minimum Gasteiger partial charge on any atom is -0.221 e. The monoisotopic (exact) mass is 340 g/mol. The first kappa shape index (κ1) is 14.1. The van der Waals surface area contributed by atoms with Crippen LogP contribution in [0.5, 0.6) is 0 Å². The Bertz CT molecular complexity index is 948. The van der Waals surface area contributed by atoms with E-state index in [-0.39, 0.29) is 0 Å². The van der Waals surface area contributed by atoms with Crippen LogP contribution in [-0.4, -0.2) is 16.2 Å². The predicted molar refractivity (Wildman–Crippen MR) is 97.3 cm³/mol. The number of rotatable bonds is 3. The third-order valence-electron chi connectivity index (χ3n) is 3.31. The molecule has 0 aliphatic rings. The summed E-state index contributed by atoms with van der Waals surface area (Å²) in [5.74, 6) is 0. The summed E-state index contributed by atoms with van der Waals surface area (Å²) in [7, 11) is 0. The molecule has 2 heterocycles. The Morgan fingerprint density at radius 2 is 1.68 bits per heavy atom. The highest BCUT2D eigenvalue weighted by Gasteiger charge is 2.14. The van der Waals surface area contributed by atoms with E-state index in [1.807, 2.05) is 12.3 Å². The maximum atomic E-state index is 4.74. The van der Waals surface area contributed by atoms with Crippen molar-refractivity contribution in [3.05, 3.63) is 54.6 Å². The first-order valence-electron chi connectivity index (χ1n) is 6.81. The van der Waals surface area contributed by atoms with Crippen LogP contribution in [0.15, 0.2) is 69.7 Å². The maximum Gasteiger partial charge on any atom is 0.189 e. The second-order valence-electron chi connectivity index (χ2n) is 4.71. The van der Waals surface area contributed by atoms with E-state index in [4.69, 9.17) is 9.97 Å². The molecular formula is C17H12N2S3. The van der Waals surface area contributed by atoms with Gasteiger partial charge in [0.05, 0.1) is 10.2 Å². The van der Waals surface area contributed by atoms with Gasteiger partial charge in [-0.05, 0) is 24.5 Å². The largest absolute Gasteiger partial charge is 0.221 e. The lowest BCUT2D eigenvalue weighted by atomic mass is 10.2. The number of hydrogen-bond acceptors (Lipinski definition) is 5. The van der Waals surface area contributed by atoms with Crippen molar-refractivity contribution in [2.24, 2.45) is 0 Å². The van der Waals surface area contributed by atoms with Crippen LogP contribution in [-0.2, 0) is 0 Å². The number of nitrogens with zero attached hydrogens (tertiary/aromatic N) is 2. The van der Waals surface area contributed by atoms with Crippen LogP contribution < -0.4 is 0 Å². The minimum absolute atomic E-state index is 0.828. The summed E-state index contributed by atoms with van der Waals surface area (Å²) in [5.41, 5.74) is 1.07. The van der Waals surface area contributed by atoms with Gasteiger partial charge in [-0.1, -0.05) is 59.9 Å². The highest BCUT2D eigenvalue weighted by Crippen LogP contribution is 2.40. The van der Waals surface area contributed by atoms with Gasteiger partial charge in [0.1, 0.15) is 5.03 Å². The van der Waals surface area contributed by atoms with Gasteiger partial charge in [-0.15, -0.1) is 11.3 Å². The molecule has 4 rings (SSSR count). The Labute approximate surface area is 141 Å². The molecule has 2 aromatic carbocycles. The molecule has 0 aliphatic carbocycles. The summed E-state index contributed by atoms with van der Waals surface area (Å²) < 4.78 is 2.44. The van der Waals surface area contributed by atoms with Gasteiger partial charge in [0.15, 0.2) is 5.16 Å². The number of benzene rings is 2. The van der Waals surface area contributed by atoms with Crippen molar-refractivity contribution in [1.29, 1.82) is 0 Å². The average Bonchev–Trinajstić information content (AvgIpc) is 2.95. The van der Waals surface area contributed by atoms with E-state index >= 15 is 0 Å². The van der Waals surface area contributed by atoms with Gasteiger partial charge in [-0.2, -0.15) is 0 Å². The van der Waals surface area contributed by atoms with Crippen LogP contribution in [0.2, 0.25) is 0 Å². The molecule has 0 N–H and O–H groups in total. The predicted octanol–water partition coefficient (Wildman–Crippen LogP) is 5.72. The van der Waals surface area contributed by atoms with E-state index in [0.29, 0.717) is 0 Å². The number of hydrogen-bond donors (Lipinski definition) is 0. The molecule has 0 fully saturated rings. The van der Waals surface area contributed by atoms with E-state index in [1.54, 1.807) is 34.9 Å². The summed E-state index contributed by atoms with van der Waals surface area (Å²) in [6.07, 6.45) is 2.02. The fourth-order valence-corrected chi connectivity index (χ4v) is 4.84. The first-order valence-corrected chi connectivity index (χ1v) is 9.67. The van der Waals surface area contributed by atoms with E-state index in [9.17, 15) is 0 Å². The van der Waals surface area contributed by atoms with Gasteiger partial charge in [0.2, 0.25) is 0 Å². The van der Waals surface area contributed by atoms with Crippen LogP contribution in [0.4, 0.5) is 0 Å². The van der Waals surface area contributed by atoms with Gasteiger partial charge >= 0.3 is 0 Å². The van der Waals surface area contributed by atoms with Gasteiger partial charge in [0, 0.05) is 15.0 Å². The van der Waals surface area contributed by atoms with E-state index < -0.39 is 0 Å². The second-order valence-corrected chi connectivity index (χ2v) is 7.59. The van der Waals surface area contributed by atoms with Crippen molar-refractivity contribution in [2.75, 3.05) is 6.26 Å². The third-order valence-corrected chi connectivity index (χ3v) is 6.15. The van der Waals surface area contributed by atoms with Crippen molar-refractivity contribution in [1.82, 2.24) is 9.97 Å². The molecule has 0 radical (unpaired) electrons. The van der Waals surface area contributed by atoms with E-state index in [0.717, 1.165) is 15.7 Å². The minimum atomic E-state index is 0.828. The average molecular weight is 340 g/mol. The molecule has 0 atom stereocenters. The fraction of sp³-hybridized carbons (Fsp3) is 0.0588. The van der Waals surface area contributed by atoms with Crippen LogP contribution in [0.25, 0.3) is 20.3 Å². The lowest BCUT2D eigenvalue weighted by Crippen LogP contribution is -1.89. The zero-order valence-corrected chi connectivity index (χ0v) is 14.3. The highest BCUT2D eigenvalue weighted by atomic mass is 32.2. The molecule has 0 unspecified atom stereocenters. The Kier molecular flexibility index (Phi) is 3.78. The summed E-state index contributed by atoms with van der Waals surface area (Å²) in [6, 6.07) is 18.8. The molecule has 0 bridgehead atoms. The molecular weight excluding hydrogens is 328 g/mol. The smallest absolute Gasteiger partial charge is 0.189 e. The quantitative estimate of drug-likeness (QED) is 0.271. The Balaban J connectivity index is 1.96. The zero-order chi connectivity index (χ0) is 14.9. The Morgan fingerprint density at radius 3 is 2.50 bits per heavy atom. The molecule has 2 aromatic heterocycles. The van der Waals surface area contributed by atoms with Crippen molar-refractivity contribution in [3.8, 4) is 0 Å². The summed E-state index contributed by atoms with van der Waals surface area (Å²) in [5, 5.41) is 3.09. The standard InChI is InChI=1S/C17H12N2S3/c1-20-17-18-14-12-9-5-6-10-13(12)22-15(14)16(19-17)21-11-7-3-2-4-8-11/h2-10H,1H3. The van der Waals surface area contributed by atoms with E-state index in [2.05, 4.69) is 48.5 Å². The van der Waals surface area contributed by atoms with Gasteiger partial charge in [-0.25, -0.2) is 9.97 Å². The van der Waals surface area contributed by atoms with Crippen LogP contribution in [0.3, 0.4) is 0 Å². The summed E-state index contributed by atoms with van der Waals surface area (Å²) in [6.45, 7) is 0. The maximum absolute atomic E-state index is 4.74. The second kappa shape index (κ2) is 5.91. The van der Waals surface area contributed by atoms with Crippen molar-refractivity contribution in [2.45, 2.75) is 15.1 Å². The van der Waals surface area contributed by atoms with E-state index in [1.165, 1.54) is 19.7 Å². The molecule has 0 spiro atoms. The molecule has 0 saturated carbocycles. The summed E-state index contributed by atoms with van der Waals surface area (Å²) in [4.78, 5) is 10.7. The molecule has 2 nitrogen and oxygen atoms in total. The lowest BCUT2D eigenvalue weighted by Gasteiger charge is -2.04. The SMILES string of the molecule is CSc1nc(Sc2ccccc2)c2sc3ccccc3c2n1. The number of fused-ring (bicyclic) bond motifs is 3. The zero-order valence-electron chi connectivity index (χ0n) is 11.8. The highest BCUT2D eigenvalue weighted by molar-refractivity contribution is 8.00. The van der Waals surface area contributed by atoms with Crippen molar-refractivity contribution < 1.29 is 0 Å². The Hall–Kier alpha value is -1.56. The molecule has 5 heteroatoms. The third kappa shape index (κ3) is 2.49. The van der Waals surface area contributed by atoms with Crippen molar-refractivity contribution in [3.63, 3.8) is 0 Å². The topological polar surface area (TPSA) is 25.8 Å². The number of thiophene rings is 1. The summed E-state index contributed by atoms with van der Waals surface area (Å²) >= 11 is 5.07. The van der Waals surface area contributed by atoms with Gasteiger partial charge in [-0.3, -0.25) is 0 Å². The Morgan fingerprint density at radius 1 is 0.909 bits per heavy atom. The first-order chi connectivity index (χ1) is 10.8. The van der Waals surface area contributed by atoms with Crippen molar-refractivity contribution >= 4 is 55.2 Å². The molecule has 108 valence electrons. The molecule has 0 aliphatic heterocycles. The van der Waals surface area contributed by atoms with Crippen LogP contribution in [0, 0.1) is 0 Å². The normalized spacial score (nSPS) is 11.3. The van der Waals surface area contributed by atoms with Gasteiger partial charge < -0.3 is 0 Å². The number of thioether (sulfide) groups is 1. The fourth-order valence-electron chi connectivity index (χ4n) is 2.31. The lowest BCUT2D eigenvalue weighted by molar-refractivity contribution is 0.940. The molecule has 0 saturated heterocycles. The number of aromatic nitrogens is 2. The van der Waals surface area contributed by atoms with Crippen LogP contribution >= 0.6 is 34.9 Å². The molecule has 4 aromatic rings. The molecule has 0 amide bonds. The molecule has 22 heavy (non-hydrogen) atoms.